The van der Waals surface area contributed by atoms with E-state index < -0.39 is 0 Å². The van der Waals surface area contributed by atoms with Gasteiger partial charge in [-0.2, -0.15) is 0 Å². The minimum Gasteiger partial charge on any atom is -0.365 e. The van der Waals surface area contributed by atoms with Crippen LogP contribution in [0.1, 0.15) is 0 Å². The second-order valence-corrected chi connectivity index (χ2v) is 2.55. The molecule has 0 aliphatic carbocycles. The maximum absolute atomic E-state index is 4.87. The topological polar surface area (TPSA) is 52.1 Å². The highest BCUT2D eigenvalue weighted by atomic mass is 16.5. The van der Waals surface area contributed by atoms with E-state index in [-0.39, 0.29) is 0 Å². The van der Waals surface area contributed by atoms with Gasteiger partial charge in [-0.15, -0.1) is 0 Å². The average Bonchev–Trinajstić information content (AvgIpc) is 2.92. The van der Waals surface area contributed by atoms with Crippen molar-refractivity contribution < 1.29 is 9.05 Å². The molecule has 0 saturated heterocycles. The lowest BCUT2D eigenvalue weighted by Gasteiger charge is -1.78. The molecular weight excluding hydrogens is 180 g/mol. The predicted molar refractivity (Wildman–Crippen MR) is 50.5 cm³/mol. The smallest absolute Gasteiger partial charge is 0.166 e. The van der Waals surface area contributed by atoms with Crippen LogP contribution in [0.5, 0.6) is 0 Å². The zero-order valence-corrected chi connectivity index (χ0v) is 7.33. The van der Waals surface area contributed by atoms with E-state index in [0.29, 0.717) is 0 Å². The number of fused-ring (bicyclic) bond motifs is 1. The number of hydrogen-bond donors (Lipinski definition) is 0. The molecule has 0 atom stereocenters. The summed E-state index contributed by atoms with van der Waals surface area (Å²) in [5, 5.41) is 8.03. The quantitative estimate of drug-likeness (QED) is 0.543. The first-order chi connectivity index (χ1) is 6.97. The van der Waals surface area contributed by atoms with Crippen LogP contribution in [0.2, 0.25) is 0 Å². The fourth-order valence-electron chi connectivity index (χ4n) is 0.986. The normalized spacial score (nSPS) is 9.43. The van der Waals surface area contributed by atoms with Crippen molar-refractivity contribution in [2.24, 2.45) is 0 Å². The highest BCUT2D eigenvalue weighted by molar-refractivity contribution is 5.75. The maximum Gasteiger partial charge on any atom is 0.166 e. The first-order valence-corrected chi connectivity index (χ1v) is 4.10. The Morgan fingerprint density at radius 3 is 2.57 bits per heavy atom. The highest BCUT2D eigenvalue weighted by Crippen LogP contribution is 2.10. The van der Waals surface area contributed by atoms with Gasteiger partial charge in [-0.3, -0.25) is 0 Å². The van der Waals surface area contributed by atoms with Gasteiger partial charge in [0.25, 0.3) is 0 Å². The van der Waals surface area contributed by atoms with Gasteiger partial charge in [-0.25, -0.2) is 0 Å². The third kappa shape index (κ3) is 1.98. The van der Waals surface area contributed by atoms with Gasteiger partial charge < -0.3 is 9.05 Å². The molecule has 0 aliphatic heterocycles. The average molecular weight is 188 g/mol. The van der Waals surface area contributed by atoms with Gasteiger partial charge in [-0.05, 0) is 18.2 Å². The van der Waals surface area contributed by atoms with Crippen molar-refractivity contribution in [1.29, 1.82) is 0 Å². The molecule has 0 bridgehead atoms. The molecule has 3 aromatic rings. The summed E-state index contributed by atoms with van der Waals surface area (Å²) in [6, 6.07) is 9.46. The lowest BCUT2D eigenvalue weighted by molar-refractivity contribution is 0.420. The van der Waals surface area contributed by atoms with Crippen LogP contribution in [0, 0.1) is 0 Å². The molecule has 0 N–H and O–H groups in total. The Labute approximate surface area is 80.1 Å². The molecule has 2 heterocycles. The van der Waals surface area contributed by atoms with Gasteiger partial charge in [-0.1, -0.05) is 22.4 Å². The van der Waals surface area contributed by atoms with Gasteiger partial charge in [0, 0.05) is 5.39 Å². The number of rotatable bonds is 0. The molecule has 14 heavy (non-hydrogen) atoms. The van der Waals surface area contributed by atoms with Crippen molar-refractivity contribution in [2.75, 3.05) is 0 Å². The van der Waals surface area contributed by atoms with Crippen LogP contribution in [0.4, 0.5) is 0 Å². The Kier molecular flexibility index (Phi) is 2.56. The summed E-state index contributed by atoms with van der Waals surface area (Å²) in [5.41, 5.74) is 0.845. The molecule has 4 heteroatoms. The lowest BCUT2D eigenvalue weighted by atomic mass is 10.3. The zero-order valence-electron chi connectivity index (χ0n) is 7.33. The van der Waals surface area contributed by atoms with Gasteiger partial charge in [0.2, 0.25) is 0 Å². The van der Waals surface area contributed by atoms with Gasteiger partial charge in [0.05, 0.1) is 12.4 Å². The Morgan fingerprint density at radius 2 is 1.93 bits per heavy atom. The molecule has 0 amide bonds. The number of benzene rings is 1. The minimum atomic E-state index is 0.845. The molecule has 70 valence electrons. The SMILES string of the molecule is c1ccc2oncc2c1.c1cnoc1. The van der Waals surface area contributed by atoms with E-state index in [4.69, 9.17) is 4.52 Å². The van der Waals surface area contributed by atoms with Crippen LogP contribution in [0.25, 0.3) is 11.0 Å². The van der Waals surface area contributed by atoms with E-state index in [1.165, 1.54) is 6.26 Å². The highest BCUT2D eigenvalue weighted by Gasteiger charge is 1.91. The van der Waals surface area contributed by atoms with Gasteiger partial charge in [0.1, 0.15) is 6.26 Å². The van der Waals surface area contributed by atoms with Crippen molar-refractivity contribution >= 4 is 11.0 Å². The van der Waals surface area contributed by atoms with E-state index in [2.05, 4.69) is 14.8 Å². The van der Waals surface area contributed by atoms with Crippen LogP contribution >= 0.6 is 0 Å². The summed E-state index contributed by atoms with van der Waals surface area (Å²) >= 11 is 0. The van der Waals surface area contributed by atoms with E-state index >= 15 is 0 Å². The van der Waals surface area contributed by atoms with Crippen LogP contribution < -0.4 is 0 Å². The van der Waals surface area contributed by atoms with Crippen LogP contribution in [-0.2, 0) is 0 Å². The molecule has 0 fully saturated rings. The molecule has 3 rings (SSSR count). The number of aromatic nitrogens is 2. The Hall–Kier alpha value is -2.10. The third-order valence-electron chi connectivity index (χ3n) is 1.61. The second-order valence-electron chi connectivity index (χ2n) is 2.55. The molecule has 0 radical (unpaired) electrons. The van der Waals surface area contributed by atoms with Crippen molar-refractivity contribution in [1.82, 2.24) is 10.3 Å². The van der Waals surface area contributed by atoms with Crippen molar-refractivity contribution in [3.8, 4) is 0 Å². The van der Waals surface area contributed by atoms with Gasteiger partial charge >= 0.3 is 0 Å². The molecule has 0 saturated carbocycles. The van der Waals surface area contributed by atoms with Crippen LogP contribution in [0.3, 0.4) is 0 Å². The summed E-state index contributed by atoms with van der Waals surface area (Å²) in [6.45, 7) is 0. The van der Waals surface area contributed by atoms with E-state index in [9.17, 15) is 0 Å². The number of para-hydroxylation sites is 1. The molecule has 4 nitrogen and oxygen atoms in total. The summed E-state index contributed by atoms with van der Waals surface area (Å²) in [6.07, 6.45) is 4.80. The third-order valence-corrected chi connectivity index (χ3v) is 1.61. The Morgan fingerprint density at radius 1 is 1.00 bits per heavy atom. The first kappa shape index (κ1) is 8.50. The Balaban J connectivity index is 0.000000128. The van der Waals surface area contributed by atoms with Crippen LogP contribution in [-0.4, -0.2) is 10.3 Å². The minimum absolute atomic E-state index is 0.845. The van der Waals surface area contributed by atoms with E-state index in [0.717, 1.165) is 11.0 Å². The Bertz CT molecular complexity index is 426. The number of nitrogens with zero attached hydrogens (tertiary/aromatic N) is 2. The molecule has 0 spiro atoms. The maximum atomic E-state index is 4.87. The fraction of sp³-hybridized carbons (Fsp3) is 0. The predicted octanol–water partition coefficient (Wildman–Crippen LogP) is 2.50. The van der Waals surface area contributed by atoms with Crippen molar-refractivity contribution in [3.63, 3.8) is 0 Å². The molecule has 0 unspecified atom stereocenters. The monoisotopic (exact) mass is 188 g/mol. The summed E-state index contributed by atoms with van der Waals surface area (Å²) in [7, 11) is 0. The molecule has 1 aromatic carbocycles. The van der Waals surface area contributed by atoms with Gasteiger partial charge in [0.15, 0.2) is 5.58 Å². The molecular formula is C10H8N2O2. The lowest BCUT2D eigenvalue weighted by Crippen LogP contribution is -1.57. The second kappa shape index (κ2) is 4.23. The summed E-state index contributed by atoms with van der Waals surface area (Å²) in [4.78, 5) is 0. The zero-order chi connectivity index (χ0) is 9.64. The molecule has 2 aromatic heterocycles. The first-order valence-electron chi connectivity index (χ1n) is 4.10. The largest absolute Gasteiger partial charge is 0.365 e. The van der Waals surface area contributed by atoms with Crippen LogP contribution in [0.15, 0.2) is 58.0 Å². The van der Waals surface area contributed by atoms with Crippen molar-refractivity contribution in [3.05, 3.63) is 49.0 Å². The van der Waals surface area contributed by atoms with E-state index in [1.54, 1.807) is 18.5 Å². The fourth-order valence-corrected chi connectivity index (χ4v) is 0.986. The summed E-state index contributed by atoms with van der Waals surface area (Å²) < 4.78 is 9.20. The number of hydrogen-bond acceptors (Lipinski definition) is 4. The van der Waals surface area contributed by atoms with E-state index in [1.807, 2.05) is 24.3 Å². The standard InChI is InChI=1S/C7H5NO.C3H3NO/c1-2-4-7-6(3-1)5-8-9-7;1-2-4-5-3-1/h1-5H;1-3H. The molecule has 0 aliphatic rings. The summed E-state index contributed by atoms with van der Waals surface area (Å²) in [5.74, 6) is 0. The van der Waals surface area contributed by atoms with Crippen molar-refractivity contribution in [2.45, 2.75) is 0 Å².